The summed E-state index contributed by atoms with van der Waals surface area (Å²) in [6.07, 6.45) is 1.56. The van der Waals surface area contributed by atoms with Crippen molar-refractivity contribution in [2.45, 2.75) is 11.8 Å². The minimum Gasteiger partial charge on any atom is -0.494 e. The van der Waals surface area contributed by atoms with Gasteiger partial charge in [0, 0.05) is 21.7 Å². The highest BCUT2D eigenvalue weighted by Gasteiger charge is 2.16. The molecule has 0 saturated heterocycles. The van der Waals surface area contributed by atoms with Crippen LogP contribution in [0.5, 0.6) is 17.2 Å². The van der Waals surface area contributed by atoms with E-state index in [-0.39, 0.29) is 17.2 Å². The second-order valence-electron chi connectivity index (χ2n) is 9.14. The summed E-state index contributed by atoms with van der Waals surface area (Å²) in [7, 11) is 3.06. The summed E-state index contributed by atoms with van der Waals surface area (Å²) in [6.45, 7) is 2.46. The summed E-state index contributed by atoms with van der Waals surface area (Å²) < 4.78 is 16.1. The molecule has 8 nitrogen and oxygen atoms in total. The number of hydrogen-bond donors (Lipinski definition) is 2. The quantitative estimate of drug-likeness (QED) is 0.103. The number of Topliss-reactive ketones (excluding diaryl/α,β-unsaturated/α-hetero) is 1. The first-order valence-corrected chi connectivity index (χ1v) is 14.5. The lowest BCUT2D eigenvalue weighted by Crippen LogP contribution is -2.30. The Morgan fingerprint density at radius 3 is 2.23 bits per heavy atom. The second-order valence-corrected chi connectivity index (χ2v) is 10.2. The molecule has 0 radical (unpaired) electrons. The van der Waals surface area contributed by atoms with Gasteiger partial charge in [-0.1, -0.05) is 30.3 Å². The van der Waals surface area contributed by atoms with Crippen LogP contribution in [-0.4, -0.2) is 44.2 Å². The Hall–Kier alpha value is -5.02. The molecule has 0 spiro atoms. The van der Waals surface area contributed by atoms with Crippen LogP contribution in [0, 0.1) is 0 Å². The standard InChI is InChI=1S/C34H32N2O6S/c1-4-42-27-16-14-24(15-17-27)30(37)22-43-28-12-8-11-26(21-28)35-34(39)29(36-33(38)25-9-6-5-7-10-25)19-23-13-18-31(40-2)32(20-23)41-3/h5-21H,4,22H2,1-3H3,(H,35,39)(H,36,38)/b29-19-. The van der Waals surface area contributed by atoms with Gasteiger partial charge in [-0.05, 0) is 85.3 Å². The lowest BCUT2D eigenvalue weighted by atomic mass is 10.1. The smallest absolute Gasteiger partial charge is 0.272 e. The lowest BCUT2D eigenvalue weighted by Gasteiger charge is -2.13. The number of benzene rings is 4. The summed E-state index contributed by atoms with van der Waals surface area (Å²) in [4.78, 5) is 40.0. The van der Waals surface area contributed by atoms with Crippen molar-refractivity contribution in [3.63, 3.8) is 0 Å². The van der Waals surface area contributed by atoms with Gasteiger partial charge in [0.2, 0.25) is 0 Å². The molecule has 0 aliphatic heterocycles. The zero-order valence-corrected chi connectivity index (χ0v) is 24.9. The third-order valence-electron chi connectivity index (χ3n) is 6.20. The van der Waals surface area contributed by atoms with Crippen LogP contribution in [0.2, 0.25) is 0 Å². The van der Waals surface area contributed by atoms with E-state index >= 15 is 0 Å². The number of ether oxygens (including phenoxy) is 3. The largest absolute Gasteiger partial charge is 0.494 e. The first-order chi connectivity index (χ1) is 20.9. The van der Waals surface area contributed by atoms with E-state index in [2.05, 4.69) is 10.6 Å². The van der Waals surface area contributed by atoms with Crippen molar-refractivity contribution in [2.24, 2.45) is 0 Å². The predicted octanol–water partition coefficient (Wildman–Crippen LogP) is 6.49. The van der Waals surface area contributed by atoms with Crippen molar-refractivity contribution in [1.29, 1.82) is 0 Å². The van der Waals surface area contributed by atoms with E-state index < -0.39 is 11.8 Å². The van der Waals surface area contributed by atoms with Crippen molar-refractivity contribution < 1.29 is 28.6 Å². The maximum Gasteiger partial charge on any atom is 0.272 e. The van der Waals surface area contributed by atoms with Gasteiger partial charge in [-0.25, -0.2) is 0 Å². The number of nitrogens with one attached hydrogen (secondary N) is 2. The molecule has 0 atom stereocenters. The summed E-state index contributed by atoms with van der Waals surface area (Å²) >= 11 is 1.36. The van der Waals surface area contributed by atoms with Crippen LogP contribution >= 0.6 is 11.8 Å². The molecule has 0 bridgehead atoms. The number of ketones is 1. The molecule has 0 aromatic heterocycles. The number of thioether (sulfide) groups is 1. The lowest BCUT2D eigenvalue weighted by molar-refractivity contribution is -0.113. The number of rotatable bonds is 13. The molecule has 4 aromatic carbocycles. The number of amides is 2. The maximum absolute atomic E-state index is 13.5. The SMILES string of the molecule is CCOc1ccc(C(=O)CSc2cccc(NC(=O)/C(=C/c3ccc(OC)c(OC)c3)NC(=O)c3ccccc3)c2)cc1. The first-order valence-electron chi connectivity index (χ1n) is 13.5. The van der Waals surface area contributed by atoms with E-state index in [9.17, 15) is 14.4 Å². The van der Waals surface area contributed by atoms with E-state index in [1.54, 1.807) is 97.1 Å². The van der Waals surface area contributed by atoms with Gasteiger partial charge in [0.1, 0.15) is 11.4 Å². The van der Waals surface area contributed by atoms with Gasteiger partial charge in [-0.2, -0.15) is 0 Å². The van der Waals surface area contributed by atoms with Gasteiger partial charge in [-0.3, -0.25) is 14.4 Å². The Morgan fingerprint density at radius 1 is 0.791 bits per heavy atom. The highest BCUT2D eigenvalue weighted by atomic mass is 32.2. The fourth-order valence-electron chi connectivity index (χ4n) is 4.05. The Kier molecular flexibility index (Phi) is 11.0. The van der Waals surface area contributed by atoms with E-state index in [1.807, 2.05) is 13.0 Å². The molecule has 2 amide bonds. The molecule has 4 aromatic rings. The summed E-state index contributed by atoms with van der Waals surface area (Å²) in [5, 5.41) is 5.59. The molecule has 0 unspecified atom stereocenters. The van der Waals surface area contributed by atoms with Crippen molar-refractivity contribution >= 4 is 41.1 Å². The molecule has 0 saturated carbocycles. The van der Waals surface area contributed by atoms with E-state index in [0.717, 1.165) is 10.6 Å². The molecule has 0 heterocycles. The van der Waals surface area contributed by atoms with Gasteiger partial charge < -0.3 is 24.8 Å². The molecule has 0 aliphatic carbocycles. The number of anilines is 1. The molecule has 43 heavy (non-hydrogen) atoms. The van der Waals surface area contributed by atoms with Gasteiger partial charge >= 0.3 is 0 Å². The Bertz CT molecular complexity index is 1600. The average Bonchev–Trinajstić information content (AvgIpc) is 3.04. The van der Waals surface area contributed by atoms with Gasteiger partial charge in [0.05, 0.1) is 26.6 Å². The zero-order valence-electron chi connectivity index (χ0n) is 24.1. The molecule has 220 valence electrons. The average molecular weight is 597 g/mol. The van der Waals surface area contributed by atoms with E-state index in [0.29, 0.717) is 40.5 Å². The summed E-state index contributed by atoms with van der Waals surface area (Å²) in [5.41, 5.74) is 2.16. The molecule has 9 heteroatoms. The van der Waals surface area contributed by atoms with E-state index in [1.165, 1.54) is 26.0 Å². The van der Waals surface area contributed by atoms with Crippen LogP contribution in [0.4, 0.5) is 5.69 Å². The van der Waals surface area contributed by atoms with Crippen LogP contribution < -0.4 is 24.8 Å². The number of hydrogen-bond acceptors (Lipinski definition) is 7. The molecule has 2 N–H and O–H groups in total. The predicted molar refractivity (Wildman–Crippen MR) is 169 cm³/mol. The summed E-state index contributed by atoms with van der Waals surface area (Å²) in [5.74, 6) is 0.986. The molecule has 4 rings (SSSR count). The van der Waals surface area contributed by atoms with Crippen molar-refractivity contribution in [3.05, 3.63) is 119 Å². The van der Waals surface area contributed by atoms with Crippen molar-refractivity contribution in [3.8, 4) is 17.2 Å². The molecular formula is C34H32N2O6S. The minimum atomic E-state index is -0.522. The van der Waals surface area contributed by atoms with Crippen LogP contribution in [-0.2, 0) is 4.79 Å². The normalized spacial score (nSPS) is 10.9. The zero-order chi connectivity index (χ0) is 30.6. The Balaban J connectivity index is 1.50. The molecule has 0 fully saturated rings. The maximum atomic E-state index is 13.5. The number of carbonyl (C=O) groups excluding carboxylic acids is 3. The highest BCUT2D eigenvalue weighted by Crippen LogP contribution is 2.29. The molecule has 0 aliphatic rings. The van der Waals surface area contributed by atoms with Crippen molar-refractivity contribution in [2.75, 3.05) is 31.9 Å². The monoisotopic (exact) mass is 596 g/mol. The highest BCUT2D eigenvalue weighted by molar-refractivity contribution is 8.00. The third-order valence-corrected chi connectivity index (χ3v) is 7.19. The third kappa shape index (κ3) is 8.73. The van der Waals surface area contributed by atoms with E-state index in [4.69, 9.17) is 14.2 Å². The Morgan fingerprint density at radius 2 is 1.53 bits per heavy atom. The topological polar surface area (TPSA) is 103 Å². The first kappa shape index (κ1) is 30.9. The number of methoxy groups -OCH3 is 2. The minimum absolute atomic E-state index is 0.0220. The fourth-order valence-corrected chi connectivity index (χ4v) is 4.90. The summed E-state index contributed by atoms with van der Waals surface area (Å²) in [6, 6.07) is 28.0. The van der Waals surface area contributed by atoms with Gasteiger partial charge in [0.25, 0.3) is 11.8 Å². The van der Waals surface area contributed by atoms with Gasteiger partial charge in [-0.15, -0.1) is 11.8 Å². The van der Waals surface area contributed by atoms with Crippen molar-refractivity contribution in [1.82, 2.24) is 5.32 Å². The van der Waals surface area contributed by atoms with Crippen LogP contribution in [0.25, 0.3) is 6.08 Å². The fraction of sp³-hybridized carbons (Fsp3) is 0.147. The Labute approximate surface area is 255 Å². The number of carbonyl (C=O) groups is 3. The van der Waals surface area contributed by atoms with Gasteiger partial charge in [0.15, 0.2) is 17.3 Å². The van der Waals surface area contributed by atoms with Crippen LogP contribution in [0.15, 0.2) is 108 Å². The van der Waals surface area contributed by atoms with Crippen LogP contribution in [0.3, 0.4) is 0 Å². The van der Waals surface area contributed by atoms with Crippen LogP contribution in [0.1, 0.15) is 33.2 Å². The second kappa shape index (κ2) is 15.3. The molecular weight excluding hydrogens is 564 g/mol.